The van der Waals surface area contributed by atoms with Gasteiger partial charge < -0.3 is 0 Å². The number of thioether (sulfide) groups is 2. The van der Waals surface area contributed by atoms with Crippen molar-refractivity contribution in [3.63, 3.8) is 0 Å². The van der Waals surface area contributed by atoms with Gasteiger partial charge in [-0.2, -0.15) is 16.9 Å². The number of hydrogen-bond donors (Lipinski definition) is 2. The van der Waals surface area contributed by atoms with Gasteiger partial charge >= 0.3 is 5.69 Å². The van der Waals surface area contributed by atoms with Crippen molar-refractivity contribution in [3.8, 4) is 0 Å². The van der Waals surface area contributed by atoms with Gasteiger partial charge in [0.2, 0.25) is 0 Å². The molecule has 106 valence electrons. The number of halogens is 1. The summed E-state index contributed by atoms with van der Waals surface area (Å²) in [6, 6.07) is 7.74. The second kappa shape index (κ2) is 7.56. The van der Waals surface area contributed by atoms with E-state index in [1.807, 2.05) is 24.3 Å². The summed E-state index contributed by atoms with van der Waals surface area (Å²) < 4.78 is 0. The monoisotopic (exact) mass is 329 g/mol. The number of H-pyrrole nitrogens is 2. The van der Waals surface area contributed by atoms with Gasteiger partial charge in [0.1, 0.15) is 0 Å². The zero-order valence-electron chi connectivity index (χ0n) is 10.4. The van der Waals surface area contributed by atoms with Gasteiger partial charge in [0.25, 0.3) is 5.56 Å². The number of benzene rings is 1. The van der Waals surface area contributed by atoms with E-state index in [1.165, 1.54) is 17.3 Å². The van der Waals surface area contributed by atoms with E-state index in [-0.39, 0.29) is 5.03 Å². The van der Waals surface area contributed by atoms with Crippen molar-refractivity contribution in [2.45, 2.75) is 10.8 Å². The lowest BCUT2D eigenvalue weighted by atomic mass is 10.2. The third kappa shape index (κ3) is 4.73. The Bertz CT molecular complexity index is 687. The molecule has 0 saturated carbocycles. The Morgan fingerprint density at radius 3 is 2.85 bits per heavy atom. The molecule has 8 heteroatoms. The van der Waals surface area contributed by atoms with Crippen molar-refractivity contribution in [2.24, 2.45) is 0 Å². The van der Waals surface area contributed by atoms with Crippen LogP contribution in [0, 0.1) is 0 Å². The Kier molecular flexibility index (Phi) is 5.75. The van der Waals surface area contributed by atoms with Crippen LogP contribution in [0.1, 0.15) is 5.56 Å². The number of hydrogen-bond acceptors (Lipinski definition) is 5. The average Bonchev–Trinajstić information content (AvgIpc) is 2.41. The van der Waals surface area contributed by atoms with Crippen LogP contribution in [0.15, 0.2) is 38.9 Å². The molecule has 0 aliphatic heterocycles. The highest BCUT2D eigenvalue weighted by atomic mass is 35.5. The van der Waals surface area contributed by atoms with Crippen LogP contribution in [0.25, 0.3) is 0 Å². The molecule has 2 aromatic rings. The van der Waals surface area contributed by atoms with E-state index in [2.05, 4.69) is 15.2 Å². The van der Waals surface area contributed by atoms with Crippen LogP contribution in [0.3, 0.4) is 0 Å². The molecule has 0 aliphatic rings. The zero-order valence-corrected chi connectivity index (χ0v) is 12.8. The first-order valence-corrected chi connectivity index (χ1v) is 8.31. The highest BCUT2D eigenvalue weighted by Gasteiger charge is 2.03. The first-order valence-electron chi connectivity index (χ1n) is 5.79. The van der Waals surface area contributed by atoms with Crippen LogP contribution in [0.2, 0.25) is 5.02 Å². The molecule has 1 heterocycles. The quantitative estimate of drug-likeness (QED) is 0.627. The predicted molar refractivity (Wildman–Crippen MR) is 83.8 cm³/mol. The van der Waals surface area contributed by atoms with Crippen molar-refractivity contribution in [1.29, 1.82) is 0 Å². The van der Waals surface area contributed by atoms with E-state index < -0.39 is 11.2 Å². The maximum Gasteiger partial charge on any atom is 0.342 e. The van der Waals surface area contributed by atoms with Crippen LogP contribution < -0.4 is 11.2 Å². The van der Waals surface area contributed by atoms with Crippen molar-refractivity contribution in [2.75, 3.05) is 11.5 Å². The Morgan fingerprint density at radius 2 is 2.10 bits per heavy atom. The fraction of sp³-hybridized carbons (Fsp3) is 0.250. The molecular formula is C12H12ClN3O2S2. The van der Waals surface area contributed by atoms with Gasteiger partial charge in [0, 0.05) is 22.3 Å². The SMILES string of the molecule is O=c1[nH]nc(SCCSCc2cccc(Cl)c2)c(=O)[nH]1. The Morgan fingerprint density at radius 1 is 1.25 bits per heavy atom. The lowest BCUT2D eigenvalue weighted by Crippen LogP contribution is -2.25. The van der Waals surface area contributed by atoms with E-state index in [0.717, 1.165) is 22.3 Å². The second-order valence-electron chi connectivity index (χ2n) is 3.84. The zero-order chi connectivity index (χ0) is 14.4. The minimum Gasteiger partial charge on any atom is -0.271 e. The minimum atomic E-state index is -0.588. The second-order valence-corrected chi connectivity index (χ2v) is 6.47. The van der Waals surface area contributed by atoms with Gasteiger partial charge in [0.05, 0.1) is 0 Å². The summed E-state index contributed by atoms with van der Waals surface area (Å²) >= 11 is 8.98. The molecule has 0 spiro atoms. The lowest BCUT2D eigenvalue weighted by Gasteiger charge is -2.02. The fourth-order valence-electron chi connectivity index (χ4n) is 1.45. The third-order valence-electron chi connectivity index (χ3n) is 2.30. The van der Waals surface area contributed by atoms with Gasteiger partial charge in [-0.25, -0.2) is 9.89 Å². The first-order chi connectivity index (χ1) is 9.65. The van der Waals surface area contributed by atoms with Gasteiger partial charge in [-0.3, -0.25) is 9.78 Å². The standard InChI is InChI=1S/C12H12ClN3O2S2/c13-9-3-1-2-8(6-9)7-19-4-5-20-11-10(17)14-12(18)16-15-11/h1-3,6H,4-5,7H2,(H2,14,16,17,18). The Balaban J connectivity index is 1.74. The minimum absolute atomic E-state index is 0.285. The summed E-state index contributed by atoms with van der Waals surface area (Å²) in [5.41, 5.74) is 0.140. The number of aromatic nitrogens is 3. The molecule has 0 bridgehead atoms. The van der Waals surface area contributed by atoms with Crippen LogP contribution >= 0.6 is 35.1 Å². The predicted octanol–water partition coefficient (Wildman–Crippen LogP) is 2.14. The molecule has 1 aromatic heterocycles. The summed E-state index contributed by atoms with van der Waals surface area (Å²) in [6.07, 6.45) is 0. The summed E-state index contributed by atoms with van der Waals surface area (Å²) in [5.74, 6) is 2.49. The highest BCUT2D eigenvalue weighted by Crippen LogP contribution is 2.18. The highest BCUT2D eigenvalue weighted by molar-refractivity contribution is 8.02. The number of nitrogens with one attached hydrogen (secondary N) is 2. The summed E-state index contributed by atoms with van der Waals surface area (Å²) in [6.45, 7) is 0. The van der Waals surface area contributed by atoms with Crippen LogP contribution in [-0.2, 0) is 5.75 Å². The maximum atomic E-state index is 11.4. The van der Waals surface area contributed by atoms with Gasteiger partial charge in [-0.15, -0.1) is 0 Å². The average molecular weight is 330 g/mol. The topological polar surface area (TPSA) is 78.6 Å². The van der Waals surface area contributed by atoms with Crippen molar-refractivity contribution >= 4 is 35.1 Å². The molecule has 0 aliphatic carbocycles. The van der Waals surface area contributed by atoms with Gasteiger partial charge in [-0.05, 0) is 17.7 Å². The molecule has 0 atom stereocenters. The van der Waals surface area contributed by atoms with Crippen molar-refractivity contribution in [3.05, 3.63) is 55.7 Å². The molecule has 0 unspecified atom stereocenters. The summed E-state index contributed by atoms with van der Waals surface area (Å²) in [4.78, 5) is 24.3. The summed E-state index contributed by atoms with van der Waals surface area (Å²) in [5, 5.41) is 6.93. The number of aromatic amines is 2. The first kappa shape index (κ1) is 15.2. The number of rotatable bonds is 6. The third-order valence-corrected chi connectivity index (χ3v) is 4.79. The van der Waals surface area contributed by atoms with Crippen LogP contribution in [-0.4, -0.2) is 26.7 Å². The van der Waals surface area contributed by atoms with Crippen LogP contribution in [0.4, 0.5) is 0 Å². The molecule has 2 N–H and O–H groups in total. The largest absolute Gasteiger partial charge is 0.342 e. The van der Waals surface area contributed by atoms with E-state index >= 15 is 0 Å². The van der Waals surface area contributed by atoms with Gasteiger partial charge in [0.15, 0.2) is 5.03 Å². The molecule has 0 amide bonds. The van der Waals surface area contributed by atoms with Crippen molar-refractivity contribution in [1.82, 2.24) is 15.2 Å². The number of nitrogens with zero attached hydrogens (tertiary/aromatic N) is 1. The Labute approximate surface area is 128 Å². The smallest absolute Gasteiger partial charge is 0.271 e. The summed E-state index contributed by atoms with van der Waals surface area (Å²) in [7, 11) is 0. The molecule has 0 fully saturated rings. The van der Waals surface area contributed by atoms with Crippen LogP contribution in [0.5, 0.6) is 0 Å². The lowest BCUT2D eigenvalue weighted by molar-refractivity contribution is 0.807. The normalized spacial score (nSPS) is 10.7. The molecular weight excluding hydrogens is 318 g/mol. The Hall–Kier alpha value is -1.18. The van der Waals surface area contributed by atoms with E-state index in [9.17, 15) is 9.59 Å². The van der Waals surface area contributed by atoms with E-state index in [1.54, 1.807) is 11.8 Å². The van der Waals surface area contributed by atoms with Crippen molar-refractivity contribution < 1.29 is 0 Å². The van der Waals surface area contributed by atoms with E-state index in [0.29, 0.717) is 0 Å². The fourth-order valence-corrected chi connectivity index (χ4v) is 3.51. The maximum absolute atomic E-state index is 11.4. The molecule has 0 saturated heterocycles. The molecule has 20 heavy (non-hydrogen) atoms. The van der Waals surface area contributed by atoms with E-state index in [4.69, 9.17) is 11.6 Å². The molecule has 2 rings (SSSR count). The molecule has 5 nitrogen and oxygen atoms in total. The molecule has 0 radical (unpaired) electrons. The molecule has 1 aromatic carbocycles. The van der Waals surface area contributed by atoms with Gasteiger partial charge in [-0.1, -0.05) is 35.5 Å².